The minimum atomic E-state index is 0.585. The van der Waals surface area contributed by atoms with Gasteiger partial charge >= 0.3 is 0 Å². The van der Waals surface area contributed by atoms with Gasteiger partial charge in [-0.2, -0.15) is 0 Å². The van der Waals surface area contributed by atoms with Crippen molar-refractivity contribution in [3.8, 4) is 0 Å². The zero-order valence-electron chi connectivity index (χ0n) is 11.3. The quantitative estimate of drug-likeness (QED) is 0.587. The monoisotopic (exact) mass is 236 g/mol. The first-order chi connectivity index (χ1) is 8.02. The normalized spacial score (nSPS) is 13.1. The van der Waals surface area contributed by atoms with Crippen LogP contribution in [0.15, 0.2) is 18.3 Å². The van der Waals surface area contributed by atoms with Gasteiger partial charge in [0.1, 0.15) is 5.82 Å². The first-order valence-electron chi connectivity index (χ1n) is 6.14. The summed E-state index contributed by atoms with van der Waals surface area (Å²) in [5.41, 5.74) is 3.74. The van der Waals surface area contributed by atoms with Crippen molar-refractivity contribution in [2.75, 3.05) is 12.5 Å². The minimum absolute atomic E-state index is 0.585. The van der Waals surface area contributed by atoms with E-state index in [0.29, 0.717) is 11.9 Å². The maximum absolute atomic E-state index is 5.28. The second-order valence-corrected chi connectivity index (χ2v) is 5.09. The summed E-state index contributed by atoms with van der Waals surface area (Å²) in [6.07, 6.45) is 3.08. The van der Waals surface area contributed by atoms with Gasteiger partial charge in [0.25, 0.3) is 0 Å². The van der Waals surface area contributed by atoms with Gasteiger partial charge in [-0.05, 0) is 37.9 Å². The van der Waals surface area contributed by atoms with Gasteiger partial charge in [-0.1, -0.05) is 19.9 Å². The summed E-state index contributed by atoms with van der Waals surface area (Å²) in [5.74, 6) is 6.71. The summed E-state index contributed by atoms with van der Waals surface area (Å²) in [6, 6.07) is 4.54. The van der Waals surface area contributed by atoms with E-state index in [2.05, 4.69) is 49.2 Å². The number of hydrogen-bond donors (Lipinski definition) is 2. The van der Waals surface area contributed by atoms with E-state index in [-0.39, 0.29) is 0 Å². The first-order valence-corrected chi connectivity index (χ1v) is 6.14. The molecule has 0 radical (unpaired) electrons. The number of pyridine rings is 1. The van der Waals surface area contributed by atoms with Gasteiger partial charge in [0.2, 0.25) is 0 Å². The van der Waals surface area contributed by atoms with Gasteiger partial charge in [-0.15, -0.1) is 0 Å². The van der Waals surface area contributed by atoms with E-state index >= 15 is 0 Å². The third-order valence-corrected chi connectivity index (χ3v) is 2.97. The van der Waals surface area contributed by atoms with Crippen LogP contribution in [-0.2, 0) is 6.54 Å². The molecule has 96 valence electrons. The lowest BCUT2D eigenvalue weighted by molar-refractivity contribution is 0.220. The van der Waals surface area contributed by atoms with Crippen molar-refractivity contribution in [2.45, 2.75) is 39.8 Å². The van der Waals surface area contributed by atoms with Crippen molar-refractivity contribution in [3.05, 3.63) is 23.9 Å². The number of rotatable bonds is 6. The zero-order valence-corrected chi connectivity index (χ0v) is 11.3. The average Bonchev–Trinajstić information content (AvgIpc) is 2.29. The largest absolute Gasteiger partial charge is 0.308 e. The predicted molar refractivity (Wildman–Crippen MR) is 72.4 cm³/mol. The maximum atomic E-state index is 5.28. The molecule has 1 unspecified atom stereocenters. The molecule has 0 aliphatic rings. The van der Waals surface area contributed by atoms with Crippen LogP contribution in [-0.4, -0.2) is 23.0 Å². The number of anilines is 1. The number of aromatic nitrogens is 1. The van der Waals surface area contributed by atoms with Crippen LogP contribution < -0.4 is 11.3 Å². The molecule has 17 heavy (non-hydrogen) atoms. The molecule has 1 rings (SSSR count). The molecule has 1 heterocycles. The fraction of sp³-hybridized carbons (Fsp3) is 0.615. The van der Waals surface area contributed by atoms with Gasteiger partial charge in [0.15, 0.2) is 0 Å². The highest BCUT2D eigenvalue weighted by molar-refractivity contribution is 5.33. The van der Waals surface area contributed by atoms with Crippen LogP contribution in [0.25, 0.3) is 0 Å². The Morgan fingerprint density at radius 2 is 2.06 bits per heavy atom. The van der Waals surface area contributed by atoms with Crippen molar-refractivity contribution < 1.29 is 0 Å². The van der Waals surface area contributed by atoms with E-state index in [1.54, 1.807) is 0 Å². The number of nitrogens with one attached hydrogen (secondary N) is 1. The zero-order chi connectivity index (χ0) is 12.8. The van der Waals surface area contributed by atoms with E-state index in [0.717, 1.165) is 12.5 Å². The molecular weight excluding hydrogens is 212 g/mol. The van der Waals surface area contributed by atoms with Gasteiger partial charge in [-0.3, -0.25) is 4.90 Å². The number of hydrogen-bond acceptors (Lipinski definition) is 4. The summed E-state index contributed by atoms with van der Waals surface area (Å²) in [7, 11) is 2.15. The highest BCUT2D eigenvalue weighted by atomic mass is 15.2. The Bertz CT molecular complexity index is 321. The summed E-state index contributed by atoms with van der Waals surface area (Å²) in [4.78, 5) is 6.56. The van der Waals surface area contributed by atoms with Gasteiger partial charge in [0, 0.05) is 18.8 Å². The fourth-order valence-electron chi connectivity index (χ4n) is 1.91. The lowest BCUT2D eigenvalue weighted by Crippen LogP contribution is -2.29. The number of hydrazine groups is 1. The van der Waals surface area contributed by atoms with E-state index in [1.807, 2.05) is 12.3 Å². The van der Waals surface area contributed by atoms with Crippen LogP contribution in [0, 0.1) is 5.92 Å². The number of nitrogens with zero attached hydrogens (tertiary/aromatic N) is 2. The second kappa shape index (κ2) is 6.57. The van der Waals surface area contributed by atoms with Gasteiger partial charge in [0.05, 0.1) is 0 Å². The third-order valence-electron chi connectivity index (χ3n) is 2.97. The Hall–Kier alpha value is -1.13. The van der Waals surface area contributed by atoms with Crippen molar-refractivity contribution in [1.29, 1.82) is 0 Å². The lowest BCUT2D eigenvalue weighted by Gasteiger charge is -2.26. The fourth-order valence-corrected chi connectivity index (χ4v) is 1.91. The Morgan fingerprint density at radius 3 is 2.53 bits per heavy atom. The van der Waals surface area contributed by atoms with Gasteiger partial charge in [-0.25, -0.2) is 10.8 Å². The minimum Gasteiger partial charge on any atom is -0.308 e. The average molecular weight is 236 g/mol. The molecule has 1 aromatic rings. The van der Waals surface area contributed by atoms with E-state index in [1.165, 1.54) is 12.0 Å². The topological polar surface area (TPSA) is 54.2 Å². The molecule has 4 heteroatoms. The highest BCUT2D eigenvalue weighted by Crippen LogP contribution is 2.13. The molecule has 0 saturated carbocycles. The maximum Gasteiger partial charge on any atom is 0.139 e. The van der Waals surface area contributed by atoms with Crippen LogP contribution in [0.3, 0.4) is 0 Å². The second-order valence-electron chi connectivity index (χ2n) is 5.09. The van der Waals surface area contributed by atoms with Crippen molar-refractivity contribution in [3.63, 3.8) is 0 Å². The Morgan fingerprint density at radius 1 is 1.35 bits per heavy atom. The van der Waals surface area contributed by atoms with E-state index in [9.17, 15) is 0 Å². The Kier molecular flexibility index (Phi) is 5.38. The summed E-state index contributed by atoms with van der Waals surface area (Å²) >= 11 is 0. The van der Waals surface area contributed by atoms with Crippen LogP contribution >= 0.6 is 0 Å². The molecule has 0 aliphatic heterocycles. The molecule has 0 fully saturated rings. The standard InChI is InChI=1S/C13H24N4/c1-10(2)7-11(3)17(4)9-12-5-6-13(16-14)15-8-12/h5-6,8,10-11H,7,9,14H2,1-4H3,(H,15,16). The Balaban J connectivity index is 2.51. The summed E-state index contributed by atoms with van der Waals surface area (Å²) in [5, 5.41) is 0. The molecule has 0 aromatic carbocycles. The molecule has 0 bridgehead atoms. The molecule has 0 saturated heterocycles. The first kappa shape index (κ1) is 13.9. The molecule has 1 aromatic heterocycles. The molecule has 0 amide bonds. The molecule has 3 N–H and O–H groups in total. The molecule has 1 atom stereocenters. The van der Waals surface area contributed by atoms with Crippen LogP contribution in [0.5, 0.6) is 0 Å². The highest BCUT2D eigenvalue weighted by Gasteiger charge is 2.11. The van der Waals surface area contributed by atoms with Crippen LogP contribution in [0.1, 0.15) is 32.8 Å². The third kappa shape index (κ3) is 4.71. The summed E-state index contributed by atoms with van der Waals surface area (Å²) in [6.45, 7) is 7.70. The van der Waals surface area contributed by atoms with Crippen molar-refractivity contribution >= 4 is 5.82 Å². The Labute approximate surface area is 104 Å². The molecule has 4 nitrogen and oxygen atoms in total. The summed E-state index contributed by atoms with van der Waals surface area (Å²) < 4.78 is 0. The van der Waals surface area contributed by atoms with Gasteiger partial charge < -0.3 is 5.43 Å². The number of nitrogen functional groups attached to an aromatic ring is 1. The predicted octanol–water partition coefficient (Wildman–Crippen LogP) is 2.23. The molecular formula is C13H24N4. The van der Waals surface area contributed by atoms with Crippen molar-refractivity contribution in [1.82, 2.24) is 9.88 Å². The number of nitrogens with two attached hydrogens (primary N) is 1. The molecule has 0 aliphatic carbocycles. The lowest BCUT2D eigenvalue weighted by atomic mass is 10.0. The SMILES string of the molecule is CC(C)CC(C)N(C)Cc1ccc(NN)nc1. The van der Waals surface area contributed by atoms with Crippen LogP contribution in [0.2, 0.25) is 0 Å². The smallest absolute Gasteiger partial charge is 0.139 e. The van der Waals surface area contributed by atoms with E-state index in [4.69, 9.17) is 5.84 Å². The van der Waals surface area contributed by atoms with Crippen LogP contribution in [0.4, 0.5) is 5.82 Å². The van der Waals surface area contributed by atoms with E-state index < -0.39 is 0 Å². The molecule has 0 spiro atoms. The van der Waals surface area contributed by atoms with Crippen molar-refractivity contribution in [2.24, 2.45) is 11.8 Å².